The van der Waals surface area contributed by atoms with Crippen LogP contribution in [-0.4, -0.2) is 26.8 Å². The molecule has 0 aliphatic heterocycles. The minimum Gasteiger partial charge on any atom is -0.316 e. The lowest BCUT2D eigenvalue weighted by atomic mass is 10.2. The van der Waals surface area contributed by atoms with Gasteiger partial charge in [0.2, 0.25) is 0 Å². The van der Waals surface area contributed by atoms with Gasteiger partial charge in [0.1, 0.15) is 11.4 Å². The fourth-order valence-corrected chi connectivity index (χ4v) is 1.58. The van der Waals surface area contributed by atoms with Crippen LogP contribution in [-0.2, 0) is 13.1 Å². The largest absolute Gasteiger partial charge is 0.316 e. The summed E-state index contributed by atoms with van der Waals surface area (Å²) in [6.45, 7) is 3.71. The van der Waals surface area contributed by atoms with Gasteiger partial charge in [-0.25, -0.2) is 0 Å². The fraction of sp³-hybridized carbons (Fsp3) is 0.364. The predicted molar refractivity (Wildman–Crippen MR) is 61.7 cm³/mol. The number of hydrogen-bond acceptors (Lipinski definition) is 4. The van der Waals surface area contributed by atoms with Gasteiger partial charge in [-0.1, -0.05) is 0 Å². The minimum atomic E-state index is 0.784. The summed E-state index contributed by atoms with van der Waals surface area (Å²) in [4.78, 5) is 8.34. The Morgan fingerprint density at radius 2 is 2.25 bits per heavy atom. The molecule has 0 aromatic carbocycles. The van der Waals surface area contributed by atoms with E-state index in [0.717, 1.165) is 30.0 Å². The van der Waals surface area contributed by atoms with Crippen molar-refractivity contribution >= 4 is 0 Å². The molecule has 0 atom stereocenters. The van der Waals surface area contributed by atoms with E-state index >= 15 is 0 Å². The van der Waals surface area contributed by atoms with E-state index in [9.17, 15) is 0 Å². The summed E-state index contributed by atoms with van der Waals surface area (Å²) in [5.41, 5.74) is 2.87. The van der Waals surface area contributed by atoms with E-state index in [2.05, 4.69) is 27.3 Å². The molecule has 0 bridgehead atoms. The Morgan fingerprint density at radius 1 is 1.38 bits per heavy atom. The third-order valence-corrected chi connectivity index (χ3v) is 2.33. The average molecular weight is 217 g/mol. The van der Waals surface area contributed by atoms with Crippen LogP contribution in [0.2, 0.25) is 0 Å². The zero-order chi connectivity index (χ0) is 11.4. The summed E-state index contributed by atoms with van der Waals surface area (Å²) < 4.78 is 1.91. The maximum Gasteiger partial charge on any atom is 0.117 e. The fourth-order valence-electron chi connectivity index (χ4n) is 1.58. The average Bonchev–Trinajstić information content (AvgIpc) is 2.74. The number of nitrogens with one attached hydrogen (secondary N) is 1. The van der Waals surface area contributed by atoms with Gasteiger partial charge < -0.3 is 5.32 Å². The van der Waals surface area contributed by atoms with Gasteiger partial charge in [-0.05, 0) is 14.0 Å². The predicted octanol–water partition coefficient (Wildman–Crippen LogP) is 1.08. The quantitative estimate of drug-likeness (QED) is 0.832. The normalized spacial score (nSPS) is 10.6. The molecule has 1 N–H and O–H groups in total. The lowest BCUT2D eigenvalue weighted by Crippen LogP contribution is -2.05. The van der Waals surface area contributed by atoms with Gasteiger partial charge in [-0.15, -0.1) is 0 Å². The molecule has 0 amide bonds. The molecule has 5 heteroatoms. The van der Waals surface area contributed by atoms with E-state index in [0.29, 0.717) is 0 Å². The summed E-state index contributed by atoms with van der Waals surface area (Å²) >= 11 is 0. The molecule has 84 valence electrons. The second kappa shape index (κ2) is 4.85. The molecule has 0 aliphatic rings. The summed E-state index contributed by atoms with van der Waals surface area (Å²) in [6, 6.07) is 0. The molecule has 2 aromatic rings. The SMILES string of the molecule is CCn1cc(CNC)c(-c2cnccn2)n1. The third kappa shape index (κ3) is 2.09. The highest BCUT2D eigenvalue weighted by Gasteiger charge is 2.10. The van der Waals surface area contributed by atoms with Gasteiger partial charge in [0.15, 0.2) is 0 Å². The summed E-state index contributed by atoms with van der Waals surface area (Å²) in [5, 5.41) is 7.62. The number of aryl methyl sites for hydroxylation is 1. The van der Waals surface area contributed by atoms with Crippen molar-refractivity contribution in [3.8, 4) is 11.4 Å². The van der Waals surface area contributed by atoms with Crippen molar-refractivity contribution in [2.24, 2.45) is 0 Å². The van der Waals surface area contributed by atoms with Crippen molar-refractivity contribution in [2.45, 2.75) is 20.0 Å². The molecular formula is C11H15N5. The van der Waals surface area contributed by atoms with Crippen molar-refractivity contribution in [1.82, 2.24) is 25.1 Å². The summed E-state index contributed by atoms with van der Waals surface area (Å²) in [5.74, 6) is 0. The Kier molecular flexibility index (Phi) is 3.26. The van der Waals surface area contributed by atoms with Crippen LogP contribution in [0.25, 0.3) is 11.4 Å². The van der Waals surface area contributed by atoms with E-state index in [1.54, 1.807) is 18.6 Å². The monoisotopic (exact) mass is 217 g/mol. The highest BCUT2D eigenvalue weighted by atomic mass is 15.3. The third-order valence-electron chi connectivity index (χ3n) is 2.33. The molecule has 0 unspecified atom stereocenters. The first-order valence-electron chi connectivity index (χ1n) is 5.32. The number of nitrogens with zero attached hydrogens (tertiary/aromatic N) is 4. The van der Waals surface area contributed by atoms with Gasteiger partial charge in [0, 0.05) is 37.2 Å². The van der Waals surface area contributed by atoms with E-state index in [-0.39, 0.29) is 0 Å². The van der Waals surface area contributed by atoms with Crippen LogP contribution in [0.1, 0.15) is 12.5 Å². The Labute approximate surface area is 94.5 Å². The lowest BCUT2D eigenvalue weighted by Gasteiger charge is -1.99. The Hall–Kier alpha value is -1.75. The molecule has 2 heterocycles. The van der Waals surface area contributed by atoms with Crippen LogP contribution in [0, 0.1) is 0 Å². The van der Waals surface area contributed by atoms with Crippen LogP contribution in [0.5, 0.6) is 0 Å². The molecule has 2 aromatic heterocycles. The van der Waals surface area contributed by atoms with Crippen LogP contribution in [0.4, 0.5) is 0 Å². The maximum absolute atomic E-state index is 4.49. The van der Waals surface area contributed by atoms with Crippen LogP contribution >= 0.6 is 0 Å². The molecular weight excluding hydrogens is 202 g/mol. The Bertz CT molecular complexity index is 449. The molecule has 0 saturated heterocycles. The Balaban J connectivity index is 2.42. The molecule has 0 aliphatic carbocycles. The molecule has 16 heavy (non-hydrogen) atoms. The first kappa shape index (κ1) is 10.8. The second-order valence-electron chi connectivity index (χ2n) is 3.48. The van der Waals surface area contributed by atoms with Gasteiger partial charge >= 0.3 is 0 Å². The zero-order valence-electron chi connectivity index (χ0n) is 9.51. The number of rotatable bonds is 4. The van der Waals surface area contributed by atoms with Gasteiger partial charge in [0.05, 0.1) is 6.20 Å². The standard InChI is InChI=1S/C11H15N5/c1-3-16-8-9(6-12-2)11(15-16)10-7-13-4-5-14-10/h4-5,7-8,12H,3,6H2,1-2H3. The van der Waals surface area contributed by atoms with Crippen LogP contribution in [0.3, 0.4) is 0 Å². The highest BCUT2D eigenvalue weighted by molar-refractivity contribution is 5.56. The first-order valence-corrected chi connectivity index (χ1v) is 5.32. The smallest absolute Gasteiger partial charge is 0.117 e. The number of aromatic nitrogens is 4. The molecule has 5 nitrogen and oxygen atoms in total. The second-order valence-corrected chi connectivity index (χ2v) is 3.48. The molecule has 0 fully saturated rings. The van der Waals surface area contributed by atoms with Crippen molar-refractivity contribution in [1.29, 1.82) is 0 Å². The van der Waals surface area contributed by atoms with E-state index in [4.69, 9.17) is 0 Å². The van der Waals surface area contributed by atoms with Crippen LogP contribution in [0.15, 0.2) is 24.8 Å². The minimum absolute atomic E-state index is 0.784. The summed E-state index contributed by atoms with van der Waals surface area (Å²) in [7, 11) is 1.92. The summed E-state index contributed by atoms with van der Waals surface area (Å²) in [6.07, 6.45) is 7.13. The first-order chi connectivity index (χ1) is 7.85. The molecule has 0 radical (unpaired) electrons. The lowest BCUT2D eigenvalue weighted by molar-refractivity contribution is 0.660. The zero-order valence-corrected chi connectivity index (χ0v) is 9.51. The van der Waals surface area contributed by atoms with E-state index < -0.39 is 0 Å². The highest BCUT2D eigenvalue weighted by Crippen LogP contribution is 2.18. The Morgan fingerprint density at radius 3 is 2.88 bits per heavy atom. The van der Waals surface area contributed by atoms with Gasteiger partial charge in [-0.3, -0.25) is 14.6 Å². The van der Waals surface area contributed by atoms with E-state index in [1.165, 1.54) is 0 Å². The molecule has 0 saturated carbocycles. The van der Waals surface area contributed by atoms with Crippen LogP contribution < -0.4 is 5.32 Å². The topological polar surface area (TPSA) is 55.6 Å². The van der Waals surface area contributed by atoms with Crippen molar-refractivity contribution in [3.05, 3.63) is 30.4 Å². The van der Waals surface area contributed by atoms with Gasteiger partial charge in [0.25, 0.3) is 0 Å². The molecule has 2 rings (SSSR count). The van der Waals surface area contributed by atoms with Crippen molar-refractivity contribution < 1.29 is 0 Å². The van der Waals surface area contributed by atoms with Crippen molar-refractivity contribution in [2.75, 3.05) is 7.05 Å². The molecule has 0 spiro atoms. The van der Waals surface area contributed by atoms with Crippen molar-refractivity contribution in [3.63, 3.8) is 0 Å². The number of hydrogen-bond donors (Lipinski definition) is 1. The van der Waals surface area contributed by atoms with Gasteiger partial charge in [-0.2, -0.15) is 5.10 Å². The van der Waals surface area contributed by atoms with E-state index in [1.807, 2.05) is 17.9 Å². The maximum atomic E-state index is 4.49.